The van der Waals surface area contributed by atoms with Crippen molar-refractivity contribution in [2.24, 2.45) is 0 Å². The first-order valence-corrected chi connectivity index (χ1v) is 6.20. The van der Waals surface area contributed by atoms with Crippen LogP contribution in [0.15, 0.2) is 30.3 Å². The van der Waals surface area contributed by atoms with Crippen LogP contribution in [0.25, 0.3) is 0 Å². The van der Waals surface area contributed by atoms with Crippen molar-refractivity contribution in [2.75, 3.05) is 0 Å². The van der Waals surface area contributed by atoms with Crippen molar-refractivity contribution in [2.45, 2.75) is 32.5 Å². The second-order valence-corrected chi connectivity index (χ2v) is 4.75. The topological polar surface area (TPSA) is 27.7 Å². The third-order valence-corrected chi connectivity index (χ3v) is 3.54. The van der Waals surface area contributed by atoms with Gasteiger partial charge in [-0.15, -0.1) is 0 Å². The van der Waals surface area contributed by atoms with Crippen LogP contribution in [0.2, 0.25) is 0 Å². The minimum atomic E-state index is -1.23. The molecule has 1 aliphatic rings. The Morgan fingerprint density at radius 1 is 1.13 bits per heavy atom. The van der Waals surface area contributed by atoms with Gasteiger partial charge in [0.1, 0.15) is 5.75 Å². The summed E-state index contributed by atoms with van der Waals surface area (Å²) in [6, 6.07) is 9.62. The number of hydrogen-bond donors (Lipinski definition) is 0. The number of para-hydroxylation sites is 1. The monoisotopic (exact) mass is 226 g/mol. The van der Waals surface area contributed by atoms with Gasteiger partial charge in [0.25, 0.3) is 0 Å². The molecule has 4 heteroatoms. The standard InChI is InChI=1S/C11H15O3P/c1-9-8-10(2)13-15(12-9)14-11-6-4-3-5-7-11/h3-7,9-10H,8H2,1-2H3/t9-,10-/m0/s1. The molecule has 82 valence electrons. The van der Waals surface area contributed by atoms with E-state index in [9.17, 15) is 0 Å². The lowest BCUT2D eigenvalue weighted by atomic mass is 10.2. The molecule has 0 N–H and O–H groups in total. The van der Waals surface area contributed by atoms with E-state index in [0.29, 0.717) is 0 Å². The van der Waals surface area contributed by atoms with Crippen LogP contribution >= 0.6 is 8.60 Å². The van der Waals surface area contributed by atoms with Crippen molar-refractivity contribution in [3.8, 4) is 5.75 Å². The Balaban J connectivity index is 1.94. The van der Waals surface area contributed by atoms with Crippen molar-refractivity contribution >= 4 is 8.60 Å². The molecule has 1 heterocycles. The van der Waals surface area contributed by atoms with Gasteiger partial charge in [0, 0.05) is 6.42 Å². The Morgan fingerprint density at radius 3 is 2.33 bits per heavy atom. The summed E-state index contributed by atoms with van der Waals surface area (Å²) in [5, 5.41) is 0. The molecule has 0 aliphatic carbocycles. The van der Waals surface area contributed by atoms with Gasteiger partial charge >= 0.3 is 8.60 Å². The molecule has 1 aromatic carbocycles. The van der Waals surface area contributed by atoms with Gasteiger partial charge < -0.3 is 4.52 Å². The zero-order chi connectivity index (χ0) is 10.7. The summed E-state index contributed by atoms with van der Waals surface area (Å²) >= 11 is 0. The van der Waals surface area contributed by atoms with Gasteiger partial charge in [-0.05, 0) is 26.0 Å². The lowest BCUT2D eigenvalue weighted by Crippen LogP contribution is -2.23. The molecule has 15 heavy (non-hydrogen) atoms. The first-order valence-electron chi connectivity index (χ1n) is 5.11. The molecule has 1 aliphatic heterocycles. The summed E-state index contributed by atoms with van der Waals surface area (Å²) in [4.78, 5) is 0. The first-order chi connectivity index (χ1) is 7.24. The van der Waals surface area contributed by atoms with Crippen molar-refractivity contribution < 1.29 is 13.6 Å². The molecule has 3 nitrogen and oxygen atoms in total. The Hall–Kier alpha value is -0.630. The third kappa shape index (κ3) is 3.16. The predicted octanol–water partition coefficient (Wildman–Crippen LogP) is 3.51. The SMILES string of the molecule is C[C@H]1C[C@H](C)OP(Oc2ccccc2)O1. The Kier molecular flexibility index (Phi) is 3.57. The fourth-order valence-corrected chi connectivity index (χ4v) is 2.67. The smallest absolute Gasteiger partial charge is 0.397 e. The van der Waals surface area contributed by atoms with Crippen LogP contribution in [0.3, 0.4) is 0 Å². The summed E-state index contributed by atoms with van der Waals surface area (Å²) in [6.07, 6.45) is 1.35. The first kappa shape index (κ1) is 10.9. The molecule has 1 saturated heterocycles. The molecule has 2 atom stereocenters. The van der Waals surface area contributed by atoms with Crippen LogP contribution in [-0.4, -0.2) is 12.2 Å². The number of rotatable bonds is 2. The quantitative estimate of drug-likeness (QED) is 0.722. The summed E-state index contributed by atoms with van der Waals surface area (Å²) in [6.45, 7) is 4.09. The van der Waals surface area contributed by atoms with E-state index in [4.69, 9.17) is 13.6 Å². The molecule has 1 fully saturated rings. The lowest BCUT2D eigenvalue weighted by molar-refractivity contribution is 0.0498. The summed E-state index contributed by atoms with van der Waals surface area (Å²) in [5.74, 6) is 0.796. The Morgan fingerprint density at radius 2 is 1.73 bits per heavy atom. The van der Waals surface area contributed by atoms with E-state index in [-0.39, 0.29) is 12.2 Å². The second kappa shape index (κ2) is 4.93. The summed E-state index contributed by atoms with van der Waals surface area (Å²) < 4.78 is 16.8. The van der Waals surface area contributed by atoms with E-state index < -0.39 is 8.60 Å². The second-order valence-electron chi connectivity index (χ2n) is 3.70. The number of hydrogen-bond acceptors (Lipinski definition) is 3. The molecule has 0 aromatic heterocycles. The highest BCUT2D eigenvalue weighted by molar-refractivity contribution is 7.42. The Labute approximate surface area is 91.4 Å². The number of benzene rings is 1. The summed E-state index contributed by atoms with van der Waals surface area (Å²) in [7, 11) is -1.23. The zero-order valence-corrected chi connectivity index (χ0v) is 9.81. The van der Waals surface area contributed by atoms with Gasteiger partial charge in [0.15, 0.2) is 0 Å². The molecule has 0 bridgehead atoms. The van der Waals surface area contributed by atoms with Gasteiger partial charge in [0.2, 0.25) is 0 Å². The van der Waals surface area contributed by atoms with Crippen LogP contribution in [0.5, 0.6) is 5.75 Å². The normalized spacial score (nSPS) is 31.2. The van der Waals surface area contributed by atoms with Gasteiger partial charge in [-0.25, -0.2) is 0 Å². The highest BCUT2D eigenvalue weighted by atomic mass is 31.2. The molecular formula is C11H15O3P. The van der Waals surface area contributed by atoms with Crippen LogP contribution in [-0.2, 0) is 9.05 Å². The van der Waals surface area contributed by atoms with Crippen LogP contribution < -0.4 is 4.52 Å². The van der Waals surface area contributed by atoms with Crippen LogP contribution in [0.4, 0.5) is 0 Å². The maximum atomic E-state index is 5.62. The molecule has 2 rings (SSSR count). The van der Waals surface area contributed by atoms with E-state index in [1.165, 1.54) is 0 Å². The van der Waals surface area contributed by atoms with Gasteiger partial charge in [0.05, 0.1) is 12.2 Å². The van der Waals surface area contributed by atoms with E-state index in [1.807, 2.05) is 44.2 Å². The van der Waals surface area contributed by atoms with E-state index >= 15 is 0 Å². The predicted molar refractivity (Wildman–Crippen MR) is 59.7 cm³/mol. The zero-order valence-electron chi connectivity index (χ0n) is 8.92. The van der Waals surface area contributed by atoms with E-state index in [1.54, 1.807) is 0 Å². The average molecular weight is 226 g/mol. The van der Waals surface area contributed by atoms with Gasteiger partial charge in [-0.3, -0.25) is 9.05 Å². The fourth-order valence-electron chi connectivity index (χ4n) is 1.48. The maximum absolute atomic E-state index is 5.62. The lowest BCUT2D eigenvalue weighted by Gasteiger charge is -2.29. The Bertz CT molecular complexity index is 294. The third-order valence-electron chi connectivity index (χ3n) is 2.12. The van der Waals surface area contributed by atoms with E-state index in [2.05, 4.69) is 0 Å². The average Bonchev–Trinajstić information content (AvgIpc) is 2.17. The molecule has 0 unspecified atom stereocenters. The molecule has 1 aromatic rings. The van der Waals surface area contributed by atoms with Crippen molar-refractivity contribution in [1.29, 1.82) is 0 Å². The maximum Gasteiger partial charge on any atom is 0.397 e. The minimum Gasteiger partial charge on any atom is -0.427 e. The van der Waals surface area contributed by atoms with E-state index in [0.717, 1.165) is 12.2 Å². The fraction of sp³-hybridized carbons (Fsp3) is 0.455. The highest BCUT2D eigenvalue weighted by Crippen LogP contribution is 2.47. The molecule has 0 amide bonds. The molecular weight excluding hydrogens is 211 g/mol. The van der Waals surface area contributed by atoms with Crippen molar-refractivity contribution in [3.05, 3.63) is 30.3 Å². The molecule has 0 radical (unpaired) electrons. The molecule has 0 spiro atoms. The van der Waals surface area contributed by atoms with Crippen molar-refractivity contribution in [3.63, 3.8) is 0 Å². The summed E-state index contributed by atoms with van der Waals surface area (Å²) in [5.41, 5.74) is 0. The highest BCUT2D eigenvalue weighted by Gasteiger charge is 2.28. The van der Waals surface area contributed by atoms with Crippen LogP contribution in [0, 0.1) is 0 Å². The largest absolute Gasteiger partial charge is 0.427 e. The van der Waals surface area contributed by atoms with Gasteiger partial charge in [-0.2, -0.15) is 0 Å². The van der Waals surface area contributed by atoms with Crippen LogP contribution in [0.1, 0.15) is 20.3 Å². The van der Waals surface area contributed by atoms with Crippen molar-refractivity contribution in [1.82, 2.24) is 0 Å². The minimum absolute atomic E-state index is 0.212. The molecule has 0 saturated carbocycles. The van der Waals surface area contributed by atoms with Gasteiger partial charge in [-0.1, -0.05) is 18.2 Å².